The molecule has 4 rings (SSSR count). The predicted octanol–water partition coefficient (Wildman–Crippen LogP) is 5.49. The first-order valence-electron chi connectivity index (χ1n) is 10.3. The molecule has 0 fully saturated rings. The summed E-state index contributed by atoms with van der Waals surface area (Å²) in [5.74, 6) is 0.0514. The van der Waals surface area contributed by atoms with Gasteiger partial charge in [-0.3, -0.25) is 9.59 Å². The van der Waals surface area contributed by atoms with Crippen molar-refractivity contribution < 1.29 is 14.1 Å². The summed E-state index contributed by atoms with van der Waals surface area (Å²) >= 11 is 6.30. The van der Waals surface area contributed by atoms with Gasteiger partial charge in [-0.1, -0.05) is 54.9 Å². The Balaban J connectivity index is 1.65. The Morgan fingerprint density at radius 2 is 1.97 bits per heavy atom. The van der Waals surface area contributed by atoms with Crippen molar-refractivity contribution in [3.63, 3.8) is 0 Å². The minimum Gasteiger partial charge on any atom is -0.360 e. The fourth-order valence-corrected chi connectivity index (χ4v) is 4.09. The molecule has 6 nitrogen and oxygen atoms in total. The van der Waals surface area contributed by atoms with E-state index in [0.717, 1.165) is 24.1 Å². The zero-order valence-electron chi connectivity index (χ0n) is 17.7. The first-order valence-corrected chi connectivity index (χ1v) is 10.7. The summed E-state index contributed by atoms with van der Waals surface area (Å²) in [7, 11) is 0. The number of carbonyl (C=O) groups is 2. The molecule has 0 atom stereocenters. The Labute approximate surface area is 186 Å². The Morgan fingerprint density at radius 3 is 2.71 bits per heavy atom. The van der Waals surface area contributed by atoms with Gasteiger partial charge < -0.3 is 14.7 Å². The van der Waals surface area contributed by atoms with Gasteiger partial charge >= 0.3 is 0 Å². The molecule has 7 heteroatoms. The zero-order chi connectivity index (χ0) is 22.1. The van der Waals surface area contributed by atoms with Crippen LogP contribution >= 0.6 is 11.6 Å². The SMILES string of the molecule is Cc1onc(-c2ccccc2Cl)c1C(=O)Nc1ccc2c(c1)N(C(=O)C(C)C)CCC2. The van der Waals surface area contributed by atoms with E-state index in [1.807, 2.05) is 49.1 Å². The van der Waals surface area contributed by atoms with Gasteiger partial charge in [-0.05, 0) is 43.5 Å². The molecule has 1 aliphatic rings. The van der Waals surface area contributed by atoms with Crippen LogP contribution in [-0.2, 0) is 11.2 Å². The zero-order valence-corrected chi connectivity index (χ0v) is 18.5. The maximum atomic E-state index is 13.2. The molecule has 0 saturated carbocycles. The van der Waals surface area contributed by atoms with Gasteiger partial charge in [0.05, 0.1) is 5.02 Å². The van der Waals surface area contributed by atoms with E-state index in [-0.39, 0.29) is 17.7 Å². The first-order chi connectivity index (χ1) is 14.9. The van der Waals surface area contributed by atoms with Gasteiger partial charge in [0, 0.05) is 29.4 Å². The molecule has 0 spiro atoms. The molecule has 2 amide bonds. The molecule has 1 N–H and O–H groups in total. The summed E-state index contributed by atoms with van der Waals surface area (Å²) in [4.78, 5) is 27.6. The molecule has 1 aliphatic heterocycles. The molecule has 1 aromatic heterocycles. The third-order valence-corrected chi connectivity index (χ3v) is 5.77. The Morgan fingerprint density at radius 1 is 1.19 bits per heavy atom. The molecular formula is C24H24ClN3O3. The van der Waals surface area contributed by atoms with Crippen LogP contribution in [0.15, 0.2) is 47.0 Å². The maximum Gasteiger partial charge on any atom is 0.261 e. The highest BCUT2D eigenvalue weighted by atomic mass is 35.5. The van der Waals surface area contributed by atoms with Crippen LogP contribution in [0.2, 0.25) is 5.02 Å². The fraction of sp³-hybridized carbons (Fsp3) is 0.292. The van der Waals surface area contributed by atoms with Crippen LogP contribution < -0.4 is 10.2 Å². The van der Waals surface area contributed by atoms with Crippen LogP contribution in [0, 0.1) is 12.8 Å². The van der Waals surface area contributed by atoms with Gasteiger partial charge in [0.1, 0.15) is 17.0 Å². The molecule has 160 valence electrons. The summed E-state index contributed by atoms with van der Waals surface area (Å²) in [5, 5.41) is 7.48. The number of benzene rings is 2. The van der Waals surface area contributed by atoms with Crippen LogP contribution in [0.5, 0.6) is 0 Å². The third-order valence-electron chi connectivity index (χ3n) is 5.44. The molecular weight excluding hydrogens is 414 g/mol. The lowest BCUT2D eigenvalue weighted by atomic mass is 9.99. The van der Waals surface area contributed by atoms with Gasteiger partial charge in [0.15, 0.2) is 0 Å². The van der Waals surface area contributed by atoms with Crippen LogP contribution in [0.25, 0.3) is 11.3 Å². The first kappa shape index (κ1) is 21.1. The second kappa shape index (κ2) is 8.55. The number of fused-ring (bicyclic) bond motifs is 1. The number of hydrogen-bond acceptors (Lipinski definition) is 4. The molecule has 0 aliphatic carbocycles. The van der Waals surface area contributed by atoms with E-state index in [1.54, 1.807) is 19.1 Å². The third kappa shape index (κ3) is 4.08. The average Bonchev–Trinajstić information content (AvgIpc) is 3.14. The van der Waals surface area contributed by atoms with Crippen molar-refractivity contribution in [1.82, 2.24) is 5.16 Å². The van der Waals surface area contributed by atoms with E-state index >= 15 is 0 Å². The smallest absolute Gasteiger partial charge is 0.261 e. The fourth-order valence-electron chi connectivity index (χ4n) is 3.86. The molecule has 0 saturated heterocycles. The van der Waals surface area contributed by atoms with E-state index in [2.05, 4.69) is 10.5 Å². The molecule has 2 aromatic carbocycles. The van der Waals surface area contributed by atoms with Crippen LogP contribution in [0.4, 0.5) is 11.4 Å². The summed E-state index contributed by atoms with van der Waals surface area (Å²) in [6.45, 7) is 6.17. The summed E-state index contributed by atoms with van der Waals surface area (Å²) < 4.78 is 5.31. The largest absolute Gasteiger partial charge is 0.360 e. The minimum absolute atomic E-state index is 0.0836. The second-order valence-corrected chi connectivity index (χ2v) is 8.40. The number of aromatic nitrogens is 1. The predicted molar refractivity (Wildman–Crippen MR) is 122 cm³/mol. The quantitative estimate of drug-likeness (QED) is 0.585. The lowest BCUT2D eigenvalue weighted by molar-refractivity contribution is -0.121. The van der Waals surface area contributed by atoms with E-state index in [9.17, 15) is 9.59 Å². The van der Waals surface area contributed by atoms with Gasteiger partial charge in [-0.2, -0.15) is 0 Å². The second-order valence-electron chi connectivity index (χ2n) is 7.99. The van der Waals surface area contributed by atoms with Crippen molar-refractivity contribution in [2.24, 2.45) is 5.92 Å². The van der Waals surface area contributed by atoms with Gasteiger partial charge in [0.2, 0.25) is 5.91 Å². The molecule has 2 heterocycles. The monoisotopic (exact) mass is 437 g/mol. The van der Waals surface area contributed by atoms with E-state index in [4.69, 9.17) is 16.1 Å². The van der Waals surface area contributed by atoms with Gasteiger partial charge in [-0.25, -0.2) is 0 Å². The highest BCUT2D eigenvalue weighted by molar-refractivity contribution is 6.33. The number of rotatable bonds is 4. The lowest BCUT2D eigenvalue weighted by Gasteiger charge is -2.31. The van der Waals surface area contributed by atoms with E-state index in [0.29, 0.717) is 39.8 Å². The van der Waals surface area contributed by atoms with Crippen molar-refractivity contribution in [1.29, 1.82) is 0 Å². The summed E-state index contributed by atoms with van der Waals surface area (Å²) in [6.07, 6.45) is 1.84. The standard InChI is InChI=1S/C24H24ClN3O3/c1-14(2)24(30)28-12-6-7-16-10-11-17(13-20(16)28)26-23(29)21-15(3)31-27-22(21)18-8-4-5-9-19(18)25/h4-5,8-11,13-14H,6-7,12H2,1-3H3,(H,26,29). The number of hydrogen-bond donors (Lipinski definition) is 1. The lowest BCUT2D eigenvalue weighted by Crippen LogP contribution is -2.38. The molecule has 3 aromatic rings. The number of nitrogens with one attached hydrogen (secondary N) is 1. The van der Waals surface area contributed by atoms with Crippen molar-refractivity contribution in [3.8, 4) is 11.3 Å². The number of aryl methyl sites for hydroxylation is 2. The van der Waals surface area contributed by atoms with Crippen LogP contribution in [0.1, 0.15) is 41.9 Å². The van der Waals surface area contributed by atoms with Crippen molar-refractivity contribution in [2.45, 2.75) is 33.6 Å². The molecule has 0 unspecified atom stereocenters. The number of anilines is 2. The number of halogens is 1. The Bertz CT molecular complexity index is 1150. The van der Waals surface area contributed by atoms with Crippen molar-refractivity contribution in [3.05, 3.63) is 64.4 Å². The van der Waals surface area contributed by atoms with Crippen molar-refractivity contribution >= 4 is 34.8 Å². The minimum atomic E-state index is -0.342. The van der Waals surface area contributed by atoms with E-state index < -0.39 is 0 Å². The van der Waals surface area contributed by atoms with Gasteiger partial charge in [0.25, 0.3) is 5.91 Å². The van der Waals surface area contributed by atoms with Gasteiger partial charge in [-0.15, -0.1) is 0 Å². The number of carbonyl (C=O) groups excluding carboxylic acids is 2. The summed E-state index contributed by atoms with van der Waals surface area (Å²) in [6, 6.07) is 12.9. The van der Waals surface area contributed by atoms with Crippen LogP contribution in [0.3, 0.4) is 0 Å². The number of amides is 2. The highest BCUT2D eigenvalue weighted by Crippen LogP contribution is 2.33. The average molecular weight is 438 g/mol. The van der Waals surface area contributed by atoms with Crippen molar-refractivity contribution in [2.75, 3.05) is 16.8 Å². The Hall–Kier alpha value is -3.12. The molecule has 31 heavy (non-hydrogen) atoms. The topological polar surface area (TPSA) is 75.4 Å². The summed E-state index contributed by atoms with van der Waals surface area (Å²) in [5.41, 5.74) is 3.94. The van der Waals surface area contributed by atoms with Crippen LogP contribution in [-0.4, -0.2) is 23.5 Å². The highest BCUT2D eigenvalue weighted by Gasteiger charge is 2.26. The normalized spacial score (nSPS) is 13.3. The Kier molecular flexibility index (Phi) is 5.83. The maximum absolute atomic E-state index is 13.2. The molecule has 0 radical (unpaired) electrons. The number of nitrogens with zero attached hydrogens (tertiary/aromatic N) is 2. The molecule has 0 bridgehead atoms. The van der Waals surface area contributed by atoms with E-state index in [1.165, 1.54) is 0 Å².